The highest BCUT2D eigenvalue weighted by molar-refractivity contribution is 14.0. The molecule has 0 aliphatic heterocycles. The van der Waals surface area contributed by atoms with Crippen LogP contribution in [-0.2, 0) is 0 Å². The van der Waals surface area contributed by atoms with Gasteiger partial charge in [0.2, 0.25) is 0 Å². The van der Waals surface area contributed by atoms with Crippen LogP contribution in [0.15, 0.2) is 35.3 Å². The Bertz CT molecular complexity index is 381. The zero-order chi connectivity index (χ0) is 14.6. The average molecular weight is 404 g/mol. The normalized spacial score (nSPS) is 12.2. The number of hydrogen-bond donors (Lipinski definition) is 3. The van der Waals surface area contributed by atoms with E-state index in [2.05, 4.69) is 53.8 Å². The van der Waals surface area contributed by atoms with Crippen LogP contribution in [0.2, 0.25) is 0 Å². The highest BCUT2D eigenvalue weighted by Crippen LogP contribution is 2.04. The second kappa shape index (κ2) is 12.7. The molecule has 1 aromatic rings. The lowest BCUT2D eigenvalue weighted by Gasteiger charge is -2.16. The van der Waals surface area contributed by atoms with Crippen molar-refractivity contribution in [1.29, 1.82) is 0 Å². The Labute approximate surface area is 146 Å². The maximum Gasteiger partial charge on any atom is 0.191 e. The number of nitrogens with zero attached hydrogens (tertiary/aromatic N) is 1. The van der Waals surface area contributed by atoms with Crippen LogP contribution in [-0.4, -0.2) is 31.6 Å². The highest BCUT2D eigenvalue weighted by Gasteiger charge is 2.01. The third-order valence-corrected chi connectivity index (χ3v) is 3.05. The maximum absolute atomic E-state index is 4.59. The standard InChI is InChI=1S/C16H28N4.HI/c1-4-14(3)20-16(17-5-2)19-13-9-12-18-15-10-7-6-8-11-15;/h6-8,10-11,14,18H,4-5,9,12-13H2,1-3H3,(H2,17,19,20);1H. The predicted molar refractivity (Wildman–Crippen MR) is 104 cm³/mol. The van der Waals surface area contributed by atoms with Gasteiger partial charge in [-0.2, -0.15) is 0 Å². The number of benzene rings is 1. The smallest absolute Gasteiger partial charge is 0.191 e. The van der Waals surface area contributed by atoms with E-state index >= 15 is 0 Å². The fourth-order valence-corrected chi connectivity index (χ4v) is 1.71. The molecule has 3 N–H and O–H groups in total. The van der Waals surface area contributed by atoms with Gasteiger partial charge in [0.05, 0.1) is 0 Å². The van der Waals surface area contributed by atoms with E-state index in [-0.39, 0.29) is 24.0 Å². The molecule has 0 aromatic heterocycles. The van der Waals surface area contributed by atoms with Crippen molar-refractivity contribution in [2.75, 3.05) is 25.0 Å². The third-order valence-electron chi connectivity index (χ3n) is 3.05. The molecule has 120 valence electrons. The first kappa shape index (κ1) is 20.0. The van der Waals surface area contributed by atoms with Gasteiger partial charge in [0.1, 0.15) is 0 Å². The minimum absolute atomic E-state index is 0. The lowest BCUT2D eigenvalue weighted by atomic mass is 10.3. The van der Waals surface area contributed by atoms with Gasteiger partial charge in [-0.1, -0.05) is 25.1 Å². The molecule has 1 rings (SSSR count). The van der Waals surface area contributed by atoms with E-state index < -0.39 is 0 Å². The Balaban J connectivity index is 0.00000400. The van der Waals surface area contributed by atoms with Crippen molar-refractivity contribution < 1.29 is 0 Å². The third kappa shape index (κ3) is 9.55. The summed E-state index contributed by atoms with van der Waals surface area (Å²) in [4.78, 5) is 4.59. The molecule has 1 atom stereocenters. The van der Waals surface area contributed by atoms with Crippen LogP contribution >= 0.6 is 24.0 Å². The summed E-state index contributed by atoms with van der Waals surface area (Å²) in [7, 11) is 0. The minimum atomic E-state index is 0. The van der Waals surface area contributed by atoms with Crippen molar-refractivity contribution in [1.82, 2.24) is 10.6 Å². The van der Waals surface area contributed by atoms with Crippen LogP contribution in [0.1, 0.15) is 33.6 Å². The first-order valence-electron chi connectivity index (χ1n) is 7.60. The summed E-state index contributed by atoms with van der Waals surface area (Å²) in [5, 5.41) is 10.1. The zero-order valence-corrected chi connectivity index (χ0v) is 15.7. The number of hydrogen-bond acceptors (Lipinski definition) is 2. The van der Waals surface area contributed by atoms with E-state index in [1.165, 1.54) is 5.69 Å². The van der Waals surface area contributed by atoms with Crippen molar-refractivity contribution in [3.63, 3.8) is 0 Å². The van der Waals surface area contributed by atoms with Crippen LogP contribution in [0.4, 0.5) is 5.69 Å². The Hall–Kier alpha value is -0.980. The Kier molecular flexibility index (Phi) is 12.1. The molecule has 0 saturated heterocycles. The van der Waals surface area contributed by atoms with Gasteiger partial charge in [-0.3, -0.25) is 4.99 Å². The van der Waals surface area contributed by atoms with Crippen molar-refractivity contribution in [2.24, 2.45) is 4.99 Å². The van der Waals surface area contributed by atoms with Gasteiger partial charge in [0, 0.05) is 31.4 Å². The fourth-order valence-electron chi connectivity index (χ4n) is 1.71. The number of anilines is 1. The van der Waals surface area contributed by atoms with Crippen molar-refractivity contribution >= 4 is 35.6 Å². The summed E-state index contributed by atoms with van der Waals surface area (Å²) in [6.07, 6.45) is 2.12. The van der Waals surface area contributed by atoms with E-state index in [0.717, 1.165) is 38.4 Å². The molecule has 0 aliphatic carbocycles. The lowest BCUT2D eigenvalue weighted by molar-refractivity contribution is 0.624. The summed E-state index contributed by atoms with van der Waals surface area (Å²) in [5.74, 6) is 0.918. The fraction of sp³-hybridized carbons (Fsp3) is 0.562. The molecule has 1 unspecified atom stereocenters. The molecule has 0 spiro atoms. The molecule has 0 aliphatic rings. The van der Waals surface area contributed by atoms with E-state index in [0.29, 0.717) is 6.04 Å². The number of guanidine groups is 1. The van der Waals surface area contributed by atoms with E-state index in [1.54, 1.807) is 0 Å². The molecular weight excluding hydrogens is 375 g/mol. The lowest BCUT2D eigenvalue weighted by Crippen LogP contribution is -2.42. The summed E-state index contributed by atoms with van der Waals surface area (Å²) < 4.78 is 0. The topological polar surface area (TPSA) is 48.5 Å². The second-order valence-electron chi connectivity index (χ2n) is 4.86. The summed E-state index contributed by atoms with van der Waals surface area (Å²) in [5.41, 5.74) is 1.17. The largest absolute Gasteiger partial charge is 0.385 e. The number of aliphatic imine (C=N–C) groups is 1. The molecule has 0 heterocycles. The Morgan fingerprint density at radius 1 is 1.19 bits per heavy atom. The van der Waals surface area contributed by atoms with Crippen LogP contribution in [0.5, 0.6) is 0 Å². The van der Waals surface area contributed by atoms with E-state index in [1.807, 2.05) is 18.2 Å². The molecule has 0 amide bonds. The average Bonchev–Trinajstić information content (AvgIpc) is 2.48. The molecular formula is C16H29IN4. The van der Waals surface area contributed by atoms with Gasteiger partial charge in [-0.15, -0.1) is 24.0 Å². The molecule has 21 heavy (non-hydrogen) atoms. The maximum atomic E-state index is 4.59. The van der Waals surface area contributed by atoms with Crippen molar-refractivity contribution in [3.8, 4) is 0 Å². The number of nitrogens with one attached hydrogen (secondary N) is 3. The predicted octanol–water partition coefficient (Wildman–Crippen LogP) is 3.46. The first-order chi connectivity index (χ1) is 9.76. The Morgan fingerprint density at radius 3 is 2.52 bits per heavy atom. The zero-order valence-electron chi connectivity index (χ0n) is 13.4. The monoisotopic (exact) mass is 404 g/mol. The molecule has 5 heteroatoms. The van der Waals surface area contributed by atoms with Gasteiger partial charge in [0.15, 0.2) is 5.96 Å². The summed E-state index contributed by atoms with van der Waals surface area (Å²) >= 11 is 0. The van der Waals surface area contributed by atoms with Crippen LogP contribution < -0.4 is 16.0 Å². The summed E-state index contributed by atoms with van der Waals surface area (Å²) in [6.45, 7) is 9.09. The molecule has 0 fully saturated rings. The van der Waals surface area contributed by atoms with Gasteiger partial charge >= 0.3 is 0 Å². The second-order valence-corrected chi connectivity index (χ2v) is 4.86. The quantitative estimate of drug-likeness (QED) is 0.269. The van der Waals surface area contributed by atoms with Gasteiger partial charge < -0.3 is 16.0 Å². The van der Waals surface area contributed by atoms with Crippen LogP contribution in [0.3, 0.4) is 0 Å². The minimum Gasteiger partial charge on any atom is -0.385 e. The van der Waals surface area contributed by atoms with Crippen LogP contribution in [0.25, 0.3) is 0 Å². The highest BCUT2D eigenvalue weighted by atomic mass is 127. The van der Waals surface area contributed by atoms with Crippen molar-refractivity contribution in [3.05, 3.63) is 30.3 Å². The molecule has 1 aromatic carbocycles. The van der Waals surface area contributed by atoms with E-state index in [4.69, 9.17) is 0 Å². The molecule has 0 bridgehead atoms. The van der Waals surface area contributed by atoms with Gasteiger partial charge in [-0.05, 0) is 38.8 Å². The first-order valence-corrected chi connectivity index (χ1v) is 7.60. The number of halogens is 1. The molecule has 0 saturated carbocycles. The summed E-state index contributed by atoms with van der Waals surface area (Å²) in [6, 6.07) is 10.7. The molecule has 0 radical (unpaired) electrons. The van der Waals surface area contributed by atoms with Crippen LogP contribution in [0, 0.1) is 0 Å². The Morgan fingerprint density at radius 2 is 1.90 bits per heavy atom. The van der Waals surface area contributed by atoms with Crippen molar-refractivity contribution in [2.45, 2.75) is 39.7 Å². The van der Waals surface area contributed by atoms with E-state index in [9.17, 15) is 0 Å². The SMILES string of the molecule is CCNC(=NCCCNc1ccccc1)NC(C)CC.I. The number of rotatable bonds is 8. The van der Waals surface area contributed by atoms with Gasteiger partial charge in [0.25, 0.3) is 0 Å². The van der Waals surface area contributed by atoms with Gasteiger partial charge in [-0.25, -0.2) is 0 Å². The molecule has 4 nitrogen and oxygen atoms in total. The number of para-hydroxylation sites is 1.